The van der Waals surface area contributed by atoms with Crippen molar-refractivity contribution in [3.05, 3.63) is 42.5 Å². The average Bonchev–Trinajstić information content (AvgIpc) is 2.27. The molecule has 1 aromatic rings. The summed E-state index contributed by atoms with van der Waals surface area (Å²) in [5, 5.41) is 11.3. The SMILES string of the molecule is C=CCOc1ccccc1CNCC(=O)O. The molecular formula is C12H15NO3. The van der Waals surface area contributed by atoms with E-state index < -0.39 is 5.97 Å². The van der Waals surface area contributed by atoms with Crippen LogP contribution in [0.2, 0.25) is 0 Å². The summed E-state index contributed by atoms with van der Waals surface area (Å²) in [4.78, 5) is 10.3. The third-order valence-electron chi connectivity index (χ3n) is 1.92. The first kappa shape index (κ1) is 12.3. The quantitative estimate of drug-likeness (QED) is 0.684. The fourth-order valence-electron chi connectivity index (χ4n) is 1.24. The van der Waals surface area contributed by atoms with Crippen molar-refractivity contribution >= 4 is 5.97 Å². The minimum Gasteiger partial charge on any atom is -0.489 e. The second-order valence-corrected chi connectivity index (χ2v) is 3.20. The molecule has 2 N–H and O–H groups in total. The summed E-state index contributed by atoms with van der Waals surface area (Å²) < 4.78 is 5.44. The van der Waals surface area contributed by atoms with Gasteiger partial charge in [0.05, 0.1) is 6.54 Å². The normalized spacial score (nSPS) is 9.75. The Balaban J connectivity index is 2.56. The Bertz CT molecular complexity index is 363. The second kappa shape index (κ2) is 6.63. The van der Waals surface area contributed by atoms with E-state index in [4.69, 9.17) is 9.84 Å². The van der Waals surface area contributed by atoms with Crippen molar-refractivity contribution < 1.29 is 14.6 Å². The van der Waals surface area contributed by atoms with E-state index in [1.54, 1.807) is 6.08 Å². The van der Waals surface area contributed by atoms with Crippen LogP contribution in [0.25, 0.3) is 0 Å². The van der Waals surface area contributed by atoms with Crippen LogP contribution in [0.1, 0.15) is 5.56 Å². The number of ether oxygens (including phenoxy) is 1. The zero-order valence-electron chi connectivity index (χ0n) is 8.98. The monoisotopic (exact) mass is 221 g/mol. The molecule has 1 rings (SSSR count). The van der Waals surface area contributed by atoms with Gasteiger partial charge in [0, 0.05) is 12.1 Å². The van der Waals surface area contributed by atoms with Gasteiger partial charge >= 0.3 is 5.97 Å². The Hall–Kier alpha value is -1.81. The van der Waals surface area contributed by atoms with E-state index in [0.29, 0.717) is 13.2 Å². The fourth-order valence-corrected chi connectivity index (χ4v) is 1.24. The van der Waals surface area contributed by atoms with Crippen molar-refractivity contribution in [3.8, 4) is 5.75 Å². The molecule has 0 unspecified atom stereocenters. The Morgan fingerprint density at radius 3 is 2.94 bits per heavy atom. The van der Waals surface area contributed by atoms with E-state index in [-0.39, 0.29) is 6.54 Å². The summed E-state index contributed by atoms with van der Waals surface area (Å²) in [7, 11) is 0. The average molecular weight is 221 g/mol. The zero-order chi connectivity index (χ0) is 11.8. The topological polar surface area (TPSA) is 58.6 Å². The van der Waals surface area contributed by atoms with Gasteiger partial charge in [-0.1, -0.05) is 30.9 Å². The van der Waals surface area contributed by atoms with Crippen LogP contribution in [-0.2, 0) is 11.3 Å². The molecule has 0 aromatic heterocycles. The summed E-state index contributed by atoms with van der Waals surface area (Å²) in [5.41, 5.74) is 0.936. The maximum absolute atomic E-state index is 10.3. The number of hydrogen-bond acceptors (Lipinski definition) is 3. The van der Waals surface area contributed by atoms with Crippen LogP contribution in [0.15, 0.2) is 36.9 Å². The molecule has 0 heterocycles. The van der Waals surface area contributed by atoms with Crippen molar-refractivity contribution in [3.63, 3.8) is 0 Å². The number of nitrogens with one attached hydrogen (secondary N) is 1. The fraction of sp³-hybridized carbons (Fsp3) is 0.250. The Labute approximate surface area is 94.6 Å². The number of carboxylic acid groups (broad SMARTS) is 1. The highest BCUT2D eigenvalue weighted by atomic mass is 16.5. The summed E-state index contributed by atoms with van der Waals surface area (Å²) in [6.45, 7) is 4.42. The van der Waals surface area contributed by atoms with Gasteiger partial charge in [-0.25, -0.2) is 0 Å². The smallest absolute Gasteiger partial charge is 0.317 e. The minimum absolute atomic E-state index is 0.0597. The highest BCUT2D eigenvalue weighted by Gasteiger charge is 2.02. The number of rotatable bonds is 7. The predicted molar refractivity (Wildman–Crippen MR) is 61.5 cm³/mol. The predicted octanol–water partition coefficient (Wildman–Crippen LogP) is 1.43. The maximum Gasteiger partial charge on any atom is 0.317 e. The number of benzene rings is 1. The second-order valence-electron chi connectivity index (χ2n) is 3.20. The van der Waals surface area contributed by atoms with E-state index in [2.05, 4.69) is 11.9 Å². The van der Waals surface area contributed by atoms with Gasteiger partial charge in [0.15, 0.2) is 0 Å². The Morgan fingerprint density at radius 1 is 1.50 bits per heavy atom. The minimum atomic E-state index is -0.871. The van der Waals surface area contributed by atoms with Crippen molar-refractivity contribution in [2.45, 2.75) is 6.54 Å². The molecule has 4 heteroatoms. The molecule has 0 aliphatic rings. The summed E-state index contributed by atoms with van der Waals surface area (Å²) in [6, 6.07) is 7.51. The first-order valence-corrected chi connectivity index (χ1v) is 4.98. The summed E-state index contributed by atoms with van der Waals surface area (Å²) in [6.07, 6.45) is 1.67. The molecule has 0 saturated heterocycles. The standard InChI is InChI=1S/C12H15NO3/c1-2-7-16-11-6-4-3-5-10(11)8-13-9-12(14)15/h2-6,13H,1,7-9H2,(H,14,15). The molecule has 16 heavy (non-hydrogen) atoms. The van der Waals surface area contributed by atoms with Crippen LogP contribution < -0.4 is 10.1 Å². The number of hydrogen-bond donors (Lipinski definition) is 2. The largest absolute Gasteiger partial charge is 0.489 e. The third kappa shape index (κ3) is 4.14. The van der Waals surface area contributed by atoms with Gasteiger partial charge < -0.3 is 15.2 Å². The van der Waals surface area contributed by atoms with Crippen LogP contribution >= 0.6 is 0 Å². The first-order valence-electron chi connectivity index (χ1n) is 4.98. The Morgan fingerprint density at radius 2 is 2.25 bits per heavy atom. The van der Waals surface area contributed by atoms with Gasteiger partial charge in [-0.15, -0.1) is 0 Å². The van der Waals surface area contributed by atoms with E-state index in [1.165, 1.54) is 0 Å². The third-order valence-corrected chi connectivity index (χ3v) is 1.92. The molecular weight excluding hydrogens is 206 g/mol. The lowest BCUT2D eigenvalue weighted by Gasteiger charge is -2.09. The molecule has 0 amide bonds. The van der Waals surface area contributed by atoms with Crippen molar-refractivity contribution in [2.24, 2.45) is 0 Å². The van der Waals surface area contributed by atoms with Crippen LogP contribution in [0.4, 0.5) is 0 Å². The van der Waals surface area contributed by atoms with Crippen LogP contribution in [0.3, 0.4) is 0 Å². The summed E-state index contributed by atoms with van der Waals surface area (Å²) >= 11 is 0. The number of carboxylic acids is 1. The van der Waals surface area contributed by atoms with Gasteiger partial charge in [0.1, 0.15) is 12.4 Å². The van der Waals surface area contributed by atoms with Crippen LogP contribution in [0.5, 0.6) is 5.75 Å². The number of aliphatic carboxylic acids is 1. The van der Waals surface area contributed by atoms with E-state index >= 15 is 0 Å². The van der Waals surface area contributed by atoms with E-state index in [1.807, 2.05) is 24.3 Å². The molecule has 0 atom stereocenters. The summed E-state index contributed by atoms with van der Waals surface area (Å²) in [5.74, 6) is -0.121. The van der Waals surface area contributed by atoms with Crippen molar-refractivity contribution in [1.82, 2.24) is 5.32 Å². The molecule has 0 bridgehead atoms. The van der Waals surface area contributed by atoms with Gasteiger partial charge in [-0.05, 0) is 6.07 Å². The lowest BCUT2D eigenvalue weighted by molar-refractivity contribution is -0.135. The van der Waals surface area contributed by atoms with Crippen molar-refractivity contribution in [1.29, 1.82) is 0 Å². The molecule has 0 aliphatic heterocycles. The first-order chi connectivity index (χ1) is 7.74. The van der Waals surface area contributed by atoms with Gasteiger partial charge in [0.2, 0.25) is 0 Å². The van der Waals surface area contributed by atoms with Crippen LogP contribution in [0, 0.1) is 0 Å². The molecule has 4 nitrogen and oxygen atoms in total. The maximum atomic E-state index is 10.3. The molecule has 0 spiro atoms. The van der Waals surface area contributed by atoms with Gasteiger partial charge in [-0.3, -0.25) is 4.79 Å². The molecule has 86 valence electrons. The molecule has 0 saturated carbocycles. The number of para-hydroxylation sites is 1. The lowest BCUT2D eigenvalue weighted by atomic mass is 10.2. The van der Waals surface area contributed by atoms with Gasteiger partial charge in [-0.2, -0.15) is 0 Å². The molecule has 0 radical (unpaired) electrons. The Kier molecular flexibility index (Phi) is 5.08. The van der Waals surface area contributed by atoms with Crippen LogP contribution in [-0.4, -0.2) is 24.2 Å². The van der Waals surface area contributed by atoms with E-state index in [9.17, 15) is 4.79 Å². The zero-order valence-corrected chi connectivity index (χ0v) is 8.98. The highest BCUT2D eigenvalue weighted by molar-refractivity contribution is 5.69. The van der Waals surface area contributed by atoms with E-state index in [0.717, 1.165) is 11.3 Å². The molecule has 0 aliphatic carbocycles. The number of carbonyl (C=O) groups is 1. The van der Waals surface area contributed by atoms with Gasteiger partial charge in [0.25, 0.3) is 0 Å². The molecule has 0 fully saturated rings. The molecule has 1 aromatic carbocycles. The lowest BCUT2D eigenvalue weighted by Crippen LogP contribution is -2.22. The highest BCUT2D eigenvalue weighted by Crippen LogP contribution is 2.17. The van der Waals surface area contributed by atoms with Crippen molar-refractivity contribution in [2.75, 3.05) is 13.2 Å².